The van der Waals surface area contributed by atoms with E-state index in [1.54, 1.807) is 49.4 Å². The Bertz CT molecular complexity index is 1990. The number of esters is 1. The number of pyridine rings is 1. The molecule has 50 heavy (non-hydrogen) atoms. The van der Waals surface area contributed by atoms with Crippen LogP contribution in [0.5, 0.6) is 5.75 Å². The number of methoxy groups -OCH3 is 2. The number of aromatic amines is 1. The molecule has 2 aromatic carbocycles. The van der Waals surface area contributed by atoms with Crippen LogP contribution in [0.4, 0.5) is 0 Å². The van der Waals surface area contributed by atoms with Gasteiger partial charge in [-0.15, -0.1) is 0 Å². The van der Waals surface area contributed by atoms with E-state index in [1.165, 1.54) is 7.11 Å². The Kier molecular flexibility index (Phi) is 8.86. The summed E-state index contributed by atoms with van der Waals surface area (Å²) in [5.74, 6) is -0.944. The average Bonchev–Trinajstić information content (AvgIpc) is 3.93. The lowest BCUT2D eigenvalue weighted by Gasteiger charge is -2.40. The molecule has 0 spiro atoms. The Morgan fingerprint density at radius 3 is 2.38 bits per heavy atom. The number of aromatic nitrogens is 2. The summed E-state index contributed by atoms with van der Waals surface area (Å²) in [6, 6.07) is 18.3. The molecule has 11 heteroatoms. The Morgan fingerprint density at radius 2 is 1.72 bits per heavy atom. The highest BCUT2D eigenvalue weighted by atomic mass is 16.5. The van der Waals surface area contributed by atoms with Gasteiger partial charge in [-0.2, -0.15) is 0 Å². The van der Waals surface area contributed by atoms with Crippen LogP contribution < -0.4 is 10.2 Å². The third kappa shape index (κ3) is 5.40. The number of carbonyl (C=O) groups excluding carboxylic acids is 3. The lowest BCUT2D eigenvalue weighted by atomic mass is 9.75. The second-order valence-electron chi connectivity index (χ2n) is 13.6. The van der Waals surface area contributed by atoms with Crippen LogP contribution in [0.25, 0.3) is 0 Å². The van der Waals surface area contributed by atoms with E-state index in [0.29, 0.717) is 59.9 Å². The van der Waals surface area contributed by atoms with E-state index in [4.69, 9.17) is 9.47 Å². The van der Waals surface area contributed by atoms with Gasteiger partial charge >= 0.3 is 5.97 Å². The van der Waals surface area contributed by atoms with Crippen molar-refractivity contribution in [2.45, 2.75) is 57.2 Å². The maximum absolute atomic E-state index is 14.5. The molecule has 2 unspecified atom stereocenters. The molecule has 0 bridgehead atoms. The van der Waals surface area contributed by atoms with Crippen molar-refractivity contribution in [3.63, 3.8) is 0 Å². The first-order valence-corrected chi connectivity index (χ1v) is 17.1. The monoisotopic (exact) mass is 678 g/mol. The number of ether oxygens (including phenoxy) is 2. The fourth-order valence-corrected chi connectivity index (χ4v) is 8.49. The Hall–Kier alpha value is -5.16. The van der Waals surface area contributed by atoms with Crippen molar-refractivity contribution >= 4 is 17.8 Å². The Morgan fingerprint density at radius 1 is 1.00 bits per heavy atom. The molecule has 2 aromatic heterocycles. The number of hydrogen-bond donors (Lipinski definition) is 2. The molecule has 4 aromatic rings. The smallest absolute Gasteiger partial charge is 0.332 e. The van der Waals surface area contributed by atoms with E-state index in [0.717, 1.165) is 29.7 Å². The number of fused-ring (bicyclic) bond motifs is 3. The van der Waals surface area contributed by atoms with Crippen molar-refractivity contribution in [1.29, 1.82) is 0 Å². The summed E-state index contributed by atoms with van der Waals surface area (Å²) in [6.45, 7) is 2.99. The van der Waals surface area contributed by atoms with Crippen molar-refractivity contribution in [1.82, 2.24) is 19.4 Å². The van der Waals surface area contributed by atoms with Gasteiger partial charge in [0.1, 0.15) is 11.4 Å². The van der Waals surface area contributed by atoms with Crippen LogP contribution in [-0.4, -0.2) is 81.6 Å². The van der Waals surface area contributed by atoms with Gasteiger partial charge in [0, 0.05) is 66.2 Å². The Labute approximate surface area is 290 Å². The summed E-state index contributed by atoms with van der Waals surface area (Å²) in [5, 5.41) is 10.2. The number of carbonyl (C=O) groups is 3. The summed E-state index contributed by atoms with van der Waals surface area (Å²) >= 11 is 0. The van der Waals surface area contributed by atoms with E-state index in [1.807, 2.05) is 45.9 Å². The van der Waals surface area contributed by atoms with E-state index < -0.39 is 17.4 Å². The van der Waals surface area contributed by atoms with E-state index in [2.05, 4.69) is 4.98 Å². The largest absolute Gasteiger partial charge is 0.497 e. The van der Waals surface area contributed by atoms with Gasteiger partial charge in [-0.1, -0.05) is 30.3 Å². The standard InChI is InChI=1S/C39H42N4O7/c1-24-20-40-31(23-44)30(35(24)45)22-42-32-17-27-21-43(36(46)26-9-5-4-6-10-26)39(38(48)50-3,19-25-11-13-28(49-2)14-12-25)34(27)29(32)18-33(42)37(47)41-15-7-8-16-41/h4-6,9-14,18,20,27,34,44H,7-8,15-17,19,21-23H2,1-3H3,(H,40,45)/t27?,34?,39-/m1/s1. The molecule has 0 radical (unpaired) electrons. The normalized spacial score (nSPS) is 20.9. The van der Waals surface area contributed by atoms with Crippen LogP contribution in [0.1, 0.15) is 73.2 Å². The summed E-state index contributed by atoms with van der Waals surface area (Å²) in [7, 11) is 2.94. The van der Waals surface area contributed by atoms with Gasteiger partial charge < -0.3 is 33.9 Å². The molecule has 2 N–H and O–H groups in total. The molecule has 4 heterocycles. The number of rotatable bonds is 9. The molecule has 260 valence electrons. The molecule has 2 fully saturated rings. The van der Waals surface area contributed by atoms with Gasteiger partial charge in [-0.3, -0.25) is 14.4 Å². The van der Waals surface area contributed by atoms with Crippen LogP contribution in [0, 0.1) is 12.8 Å². The highest BCUT2D eigenvalue weighted by Crippen LogP contribution is 2.55. The quantitative estimate of drug-likeness (QED) is 0.257. The van der Waals surface area contributed by atoms with Gasteiger partial charge in [-0.25, -0.2) is 4.79 Å². The van der Waals surface area contributed by atoms with Crippen molar-refractivity contribution in [2.75, 3.05) is 33.9 Å². The second kappa shape index (κ2) is 13.3. The summed E-state index contributed by atoms with van der Waals surface area (Å²) < 4.78 is 12.9. The molecule has 1 aliphatic carbocycles. The first-order chi connectivity index (χ1) is 24.2. The van der Waals surface area contributed by atoms with Crippen LogP contribution in [-0.2, 0) is 35.5 Å². The predicted molar refractivity (Wildman–Crippen MR) is 185 cm³/mol. The number of nitrogens with one attached hydrogen (secondary N) is 1. The SMILES string of the molecule is COC(=O)[C@@]1(Cc2ccc(OC)cc2)C2c3cc(C(=O)N4CCCC4)n(Cc4c(CO)[nH]cc(C)c4=O)c3CC2CN1C(=O)c1ccccc1. The molecular weight excluding hydrogens is 636 g/mol. The molecule has 3 aliphatic rings. The Balaban J connectivity index is 1.42. The fourth-order valence-electron chi connectivity index (χ4n) is 8.49. The molecule has 0 saturated carbocycles. The van der Waals surface area contributed by atoms with Gasteiger partial charge in [0.2, 0.25) is 0 Å². The molecule has 2 saturated heterocycles. The third-order valence-corrected chi connectivity index (χ3v) is 10.9. The van der Waals surface area contributed by atoms with Crippen LogP contribution in [0.3, 0.4) is 0 Å². The zero-order chi connectivity index (χ0) is 35.2. The maximum Gasteiger partial charge on any atom is 0.332 e. The van der Waals surface area contributed by atoms with Crippen molar-refractivity contribution < 1.29 is 29.0 Å². The lowest BCUT2D eigenvalue weighted by Crippen LogP contribution is -2.58. The third-order valence-electron chi connectivity index (χ3n) is 10.9. The number of H-pyrrole nitrogens is 1. The van der Waals surface area contributed by atoms with E-state index in [9.17, 15) is 24.3 Å². The van der Waals surface area contributed by atoms with Crippen molar-refractivity contribution in [3.8, 4) is 5.75 Å². The van der Waals surface area contributed by atoms with Crippen LogP contribution >= 0.6 is 0 Å². The van der Waals surface area contributed by atoms with Gasteiger partial charge in [-0.05, 0) is 73.6 Å². The molecule has 11 nitrogen and oxygen atoms in total. The number of benzene rings is 2. The minimum absolute atomic E-state index is 0.0763. The van der Waals surface area contributed by atoms with Gasteiger partial charge in [0.05, 0.1) is 27.4 Å². The minimum atomic E-state index is -1.44. The first kappa shape index (κ1) is 33.3. The average molecular weight is 679 g/mol. The zero-order valence-electron chi connectivity index (χ0n) is 28.6. The molecule has 3 atom stereocenters. The first-order valence-electron chi connectivity index (χ1n) is 17.1. The highest BCUT2D eigenvalue weighted by molar-refractivity contribution is 6.00. The summed E-state index contributed by atoms with van der Waals surface area (Å²) in [4.78, 5) is 63.2. The minimum Gasteiger partial charge on any atom is -0.497 e. The van der Waals surface area contributed by atoms with Gasteiger partial charge in [0.15, 0.2) is 11.0 Å². The number of aliphatic hydroxyl groups excluding tert-OH is 1. The topological polar surface area (TPSA) is 134 Å². The van der Waals surface area contributed by atoms with Crippen molar-refractivity contribution in [3.05, 3.63) is 122 Å². The second-order valence-corrected chi connectivity index (χ2v) is 13.6. The van der Waals surface area contributed by atoms with E-state index in [-0.39, 0.29) is 42.7 Å². The number of hydrogen-bond acceptors (Lipinski definition) is 7. The zero-order valence-corrected chi connectivity index (χ0v) is 28.6. The molecule has 7 rings (SSSR count). The lowest BCUT2D eigenvalue weighted by molar-refractivity contribution is -0.153. The number of aryl methyl sites for hydroxylation is 1. The van der Waals surface area contributed by atoms with Crippen molar-refractivity contribution in [2.24, 2.45) is 5.92 Å². The fraction of sp³-hybridized carbons (Fsp3) is 0.385. The number of likely N-dealkylation sites (tertiary alicyclic amines) is 2. The predicted octanol–water partition coefficient (Wildman–Crippen LogP) is 3.84. The number of amides is 2. The number of aliphatic hydroxyl groups is 1. The summed E-state index contributed by atoms with van der Waals surface area (Å²) in [5.41, 5.74) is 3.01. The van der Waals surface area contributed by atoms with Gasteiger partial charge in [0.25, 0.3) is 11.8 Å². The highest BCUT2D eigenvalue weighted by Gasteiger charge is 2.64. The van der Waals surface area contributed by atoms with E-state index >= 15 is 0 Å². The van der Waals surface area contributed by atoms with Crippen LogP contribution in [0.15, 0.2) is 71.7 Å². The van der Waals surface area contributed by atoms with Crippen LogP contribution in [0.2, 0.25) is 0 Å². The maximum atomic E-state index is 14.5. The molecule has 2 aliphatic heterocycles. The molecule has 2 amide bonds. The molecular formula is C39H42N4O7. The number of nitrogens with zero attached hydrogens (tertiary/aromatic N) is 3. The summed E-state index contributed by atoms with van der Waals surface area (Å²) in [6.07, 6.45) is 4.06.